The summed E-state index contributed by atoms with van der Waals surface area (Å²) in [6.45, 7) is 0. The molecule has 2 aromatic heterocycles. The molecule has 3 rings (SSSR count). The maximum atomic E-state index is 12.3. The number of rotatable bonds is 3. The van der Waals surface area contributed by atoms with Gasteiger partial charge in [-0.25, -0.2) is 0 Å². The molecule has 104 valence electrons. The van der Waals surface area contributed by atoms with Crippen molar-refractivity contribution in [2.24, 2.45) is 0 Å². The number of ketones is 1. The van der Waals surface area contributed by atoms with Gasteiger partial charge in [0, 0.05) is 16.8 Å². The lowest BCUT2D eigenvalue weighted by Gasteiger charge is -2.01. The predicted molar refractivity (Wildman–Crippen MR) is 81.2 cm³/mol. The third-order valence-corrected chi connectivity index (χ3v) is 3.31. The van der Waals surface area contributed by atoms with Crippen LogP contribution in [0, 0.1) is 0 Å². The van der Waals surface area contributed by atoms with Crippen molar-refractivity contribution in [3.8, 4) is 11.3 Å². The summed E-state index contributed by atoms with van der Waals surface area (Å²) in [6, 6.07) is 12.1. The molecular formula is C16H11ClN2O2. The molecule has 2 heterocycles. The Morgan fingerprint density at radius 2 is 1.86 bits per heavy atom. The van der Waals surface area contributed by atoms with Crippen molar-refractivity contribution in [1.82, 2.24) is 4.98 Å². The van der Waals surface area contributed by atoms with Crippen LogP contribution in [0.4, 0.5) is 5.69 Å². The minimum Gasteiger partial charge on any atom is -0.453 e. The number of furan rings is 1. The molecule has 0 aliphatic rings. The molecule has 0 bridgehead atoms. The standard InChI is InChI=1S/C16H11ClN2O2/c17-11-3-1-10(2-4-11)14-5-6-15(21-14)16(20)12-7-8-19-9-13(12)18/h1-9H,18H2. The van der Waals surface area contributed by atoms with E-state index in [2.05, 4.69) is 4.98 Å². The van der Waals surface area contributed by atoms with Crippen LogP contribution in [-0.4, -0.2) is 10.8 Å². The number of pyridine rings is 1. The summed E-state index contributed by atoms with van der Waals surface area (Å²) in [5.41, 5.74) is 7.30. The van der Waals surface area contributed by atoms with Crippen molar-refractivity contribution in [2.75, 3.05) is 5.73 Å². The molecule has 2 N–H and O–H groups in total. The molecule has 21 heavy (non-hydrogen) atoms. The van der Waals surface area contributed by atoms with Crippen LogP contribution >= 0.6 is 11.6 Å². The quantitative estimate of drug-likeness (QED) is 0.747. The SMILES string of the molecule is Nc1cnccc1C(=O)c1ccc(-c2ccc(Cl)cc2)o1. The predicted octanol–water partition coefficient (Wildman–Crippen LogP) is 3.81. The Hall–Kier alpha value is -2.59. The van der Waals surface area contributed by atoms with Gasteiger partial charge in [0.05, 0.1) is 17.4 Å². The van der Waals surface area contributed by atoms with Gasteiger partial charge in [-0.15, -0.1) is 0 Å². The second-order valence-corrected chi connectivity index (χ2v) is 4.90. The van der Waals surface area contributed by atoms with Crippen molar-refractivity contribution in [2.45, 2.75) is 0 Å². The van der Waals surface area contributed by atoms with E-state index in [0.717, 1.165) is 5.56 Å². The molecule has 0 aliphatic carbocycles. The van der Waals surface area contributed by atoms with Gasteiger partial charge in [0.25, 0.3) is 0 Å². The van der Waals surface area contributed by atoms with Crippen LogP contribution in [-0.2, 0) is 0 Å². The minimum absolute atomic E-state index is 0.234. The zero-order valence-corrected chi connectivity index (χ0v) is 11.7. The van der Waals surface area contributed by atoms with Crippen molar-refractivity contribution in [3.63, 3.8) is 0 Å². The van der Waals surface area contributed by atoms with Gasteiger partial charge >= 0.3 is 0 Å². The minimum atomic E-state index is -0.268. The molecule has 0 aliphatic heterocycles. The van der Waals surface area contributed by atoms with Crippen molar-refractivity contribution in [1.29, 1.82) is 0 Å². The van der Waals surface area contributed by atoms with Crippen molar-refractivity contribution >= 4 is 23.1 Å². The lowest BCUT2D eigenvalue weighted by atomic mass is 10.1. The first kappa shape index (κ1) is 13.4. The van der Waals surface area contributed by atoms with E-state index in [4.69, 9.17) is 21.8 Å². The van der Waals surface area contributed by atoms with Gasteiger partial charge in [-0.3, -0.25) is 9.78 Å². The first-order chi connectivity index (χ1) is 10.1. The van der Waals surface area contributed by atoms with Gasteiger partial charge < -0.3 is 10.2 Å². The molecule has 0 atom stereocenters. The Morgan fingerprint density at radius 1 is 1.10 bits per heavy atom. The summed E-state index contributed by atoms with van der Waals surface area (Å²) >= 11 is 5.85. The van der Waals surface area contributed by atoms with E-state index in [-0.39, 0.29) is 11.5 Å². The van der Waals surface area contributed by atoms with Gasteiger partial charge in [-0.05, 0) is 42.5 Å². The zero-order valence-electron chi connectivity index (χ0n) is 10.9. The number of nitrogens with zero attached hydrogens (tertiary/aromatic N) is 1. The van der Waals surface area contributed by atoms with Crippen LogP contribution in [0.5, 0.6) is 0 Å². The van der Waals surface area contributed by atoms with Crippen molar-refractivity contribution < 1.29 is 9.21 Å². The molecule has 3 aromatic rings. The highest BCUT2D eigenvalue weighted by Gasteiger charge is 2.16. The van der Waals surface area contributed by atoms with Crippen molar-refractivity contribution in [3.05, 3.63) is 71.2 Å². The molecule has 1 aromatic carbocycles. The summed E-state index contributed by atoms with van der Waals surface area (Å²) in [5, 5.41) is 0.645. The van der Waals surface area contributed by atoms with E-state index < -0.39 is 0 Å². The highest BCUT2D eigenvalue weighted by molar-refractivity contribution is 6.30. The number of carbonyl (C=O) groups excluding carboxylic acids is 1. The fourth-order valence-corrected chi connectivity index (χ4v) is 2.10. The number of nitrogens with two attached hydrogens (primary N) is 1. The summed E-state index contributed by atoms with van der Waals surface area (Å²) in [6.07, 6.45) is 2.96. The van der Waals surface area contributed by atoms with E-state index in [1.54, 1.807) is 30.3 Å². The number of hydrogen-bond acceptors (Lipinski definition) is 4. The summed E-state index contributed by atoms with van der Waals surface area (Å²) in [5.74, 6) is 0.565. The van der Waals surface area contributed by atoms with Gasteiger partial charge in [-0.2, -0.15) is 0 Å². The van der Waals surface area contributed by atoms with Gasteiger partial charge in [-0.1, -0.05) is 11.6 Å². The molecule has 0 spiro atoms. The van der Waals surface area contributed by atoms with E-state index in [0.29, 0.717) is 22.0 Å². The number of halogens is 1. The highest BCUT2D eigenvalue weighted by Crippen LogP contribution is 2.25. The average molecular weight is 299 g/mol. The number of benzene rings is 1. The number of carbonyl (C=O) groups is 1. The number of nitrogen functional groups attached to an aromatic ring is 1. The van der Waals surface area contributed by atoms with Crippen LogP contribution in [0.15, 0.2) is 59.3 Å². The molecule has 0 fully saturated rings. The molecule has 0 saturated heterocycles. The number of anilines is 1. The maximum Gasteiger partial charge on any atom is 0.230 e. The van der Waals surface area contributed by atoms with E-state index in [1.165, 1.54) is 12.4 Å². The second kappa shape index (κ2) is 5.42. The third-order valence-electron chi connectivity index (χ3n) is 3.06. The molecule has 0 amide bonds. The molecule has 4 nitrogen and oxygen atoms in total. The molecule has 0 radical (unpaired) electrons. The van der Waals surface area contributed by atoms with Crippen LogP contribution in [0.2, 0.25) is 5.02 Å². The Bertz CT molecular complexity index is 794. The fraction of sp³-hybridized carbons (Fsp3) is 0. The fourth-order valence-electron chi connectivity index (χ4n) is 1.98. The Morgan fingerprint density at radius 3 is 2.57 bits per heavy atom. The number of aromatic nitrogens is 1. The summed E-state index contributed by atoms with van der Waals surface area (Å²) in [4.78, 5) is 16.2. The normalized spacial score (nSPS) is 10.5. The monoisotopic (exact) mass is 298 g/mol. The second-order valence-electron chi connectivity index (χ2n) is 4.46. The Balaban J connectivity index is 1.93. The third kappa shape index (κ3) is 2.66. The molecule has 5 heteroatoms. The van der Waals surface area contributed by atoms with Crippen LogP contribution in [0.1, 0.15) is 16.1 Å². The number of hydrogen-bond donors (Lipinski definition) is 1. The topological polar surface area (TPSA) is 69.1 Å². The summed E-state index contributed by atoms with van der Waals surface area (Å²) in [7, 11) is 0. The van der Waals surface area contributed by atoms with Gasteiger partial charge in [0.1, 0.15) is 5.76 Å². The lowest BCUT2D eigenvalue weighted by Crippen LogP contribution is -2.04. The smallest absolute Gasteiger partial charge is 0.230 e. The summed E-state index contributed by atoms with van der Waals surface area (Å²) < 4.78 is 5.61. The first-order valence-electron chi connectivity index (χ1n) is 6.25. The van der Waals surface area contributed by atoms with Crippen LogP contribution in [0.25, 0.3) is 11.3 Å². The van der Waals surface area contributed by atoms with E-state index in [1.807, 2.05) is 12.1 Å². The maximum absolute atomic E-state index is 12.3. The zero-order chi connectivity index (χ0) is 14.8. The highest BCUT2D eigenvalue weighted by atomic mass is 35.5. The Labute approximate surface area is 126 Å². The average Bonchev–Trinajstić information content (AvgIpc) is 2.98. The van der Waals surface area contributed by atoms with E-state index in [9.17, 15) is 4.79 Å². The van der Waals surface area contributed by atoms with Gasteiger partial charge in [0.2, 0.25) is 5.78 Å². The Kier molecular flexibility index (Phi) is 3.46. The van der Waals surface area contributed by atoms with Crippen LogP contribution in [0.3, 0.4) is 0 Å². The molecular weight excluding hydrogens is 288 g/mol. The molecule has 0 unspecified atom stereocenters. The largest absolute Gasteiger partial charge is 0.453 e. The first-order valence-corrected chi connectivity index (χ1v) is 6.63. The van der Waals surface area contributed by atoms with Crippen LogP contribution < -0.4 is 5.73 Å². The lowest BCUT2D eigenvalue weighted by molar-refractivity contribution is 0.101. The van der Waals surface area contributed by atoms with Gasteiger partial charge in [0.15, 0.2) is 5.76 Å². The molecule has 0 saturated carbocycles. The van der Waals surface area contributed by atoms with E-state index >= 15 is 0 Å².